The lowest BCUT2D eigenvalue weighted by Crippen LogP contribution is -2.10. The molecule has 0 unspecified atom stereocenters. The maximum Gasteiger partial charge on any atom is 0.354 e. The highest BCUT2D eigenvalue weighted by atomic mass is 16.6. The molecule has 0 aliphatic rings. The molecule has 6 heteroatoms. The third-order valence-electron chi connectivity index (χ3n) is 2.96. The van der Waals surface area contributed by atoms with Crippen LogP contribution in [0.25, 0.3) is 11.3 Å². The Labute approximate surface area is 115 Å². The van der Waals surface area contributed by atoms with Crippen LogP contribution in [0.15, 0.2) is 36.4 Å². The second-order valence-electron chi connectivity index (χ2n) is 4.19. The van der Waals surface area contributed by atoms with Crippen LogP contribution in [0.4, 0.5) is 5.69 Å². The Balaban J connectivity index is 2.42. The molecule has 0 spiro atoms. The average Bonchev–Trinajstić information content (AvgIpc) is 2.81. The number of benzene rings is 1. The number of ether oxygens (including phenoxy) is 1. The van der Waals surface area contributed by atoms with Crippen molar-refractivity contribution in [2.24, 2.45) is 7.05 Å². The molecule has 0 aliphatic carbocycles. The van der Waals surface area contributed by atoms with Gasteiger partial charge in [0.15, 0.2) is 0 Å². The van der Waals surface area contributed by atoms with E-state index in [4.69, 9.17) is 4.74 Å². The molecule has 0 saturated heterocycles. The predicted octanol–water partition coefficient (Wildman–Crippen LogP) is 2.78. The second-order valence-corrected chi connectivity index (χ2v) is 4.19. The SMILES string of the molecule is CCOC(=O)c1ccc(-c2cccc([N+](=O)[O-])c2)n1C. The first-order valence-corrected chi connectivity index (χ1v) is 6.12. The van der Waals surface area contributed by atoms with Crippen LogP contribution in [-0.2, 0) is 11.8 Å². The van der Waals surface area contributed by atoms with Crippen molar-refractivity contribution in [3.8, 4) is 11.3 Å². The summed E-state index contributed by atoms with van der Waals surface area (Å²) in [6.45, 7) is 2.04. The van der Waals surface area contributed by atoms with E-state index in [1.807, 2.05) is 0 Å². The van der Waals surface area contributed by atoms with Gasteiger partial charge in [-0.15, -0.1) is 0 Å². The first-order chi connectivity index (χ1) is 9.54. The molecule has 104 valence electrons. The van der Waals surface area contributed by atoms with E-state index >= 15 is 0 Å². The molecule has 1 aromatic carbocycles. The van der Waals surface area contributed by atoms with Gasteiger partial charge in [-0.25, -0.2) is 4.79 Å². The Morgan fingerprint density at radius 3 is 2.75 bits per heavy atom. The van der Waals surface area contributed by atoms with Crippen molar-refractivity contribution >= 4 is 11.7 Å². The summed E-state index contributed by atoms with van der Waals surface area (Å²) in [5.41, 5.74) is 1.82. The molecule has 0 radical (unpaired) electrons. The minimum atomic E-state index is -0.446. The lowest BCUT2D eigenvalue weighted by molar-refractivity contribution is -0.384. The van der Waals surface area contributed by atoms with Crippen molar-refractivity contribution in [3.63, 3.8) is 0 Å². The number of nitro benzene ring substituents is 1. The zero-order chi connectivity index (χ0) is 14.7. The maximum absolute atomic E-state index is 11.7. The van der Waals surface area contributed by atoms with Crippen molar-refractivity contribution in [1.82, 2.24) is 4.57 Å². The fourth-order valence-electron chi connectivity index (χ4n) is 1.99. The van der Waals surface area contributed by atoms with Crippen molar-refractivity contribution in [1.29, 1.82) is 0 Å². The summed E-state index contributed by atoms with van der Waals surface area (Å²) in [6.07, 6.45) is 0. The summed E-state index contributed by atoms with van der Waals surface area (Å²) >= 11 is 0. The van der Waals surface area contributed by atoms with Gasteiger partial charge in [0.25, 0.3) is 5.69 Å². The molecule has 0 aliphatic heterocycles. The minimum absolute atomic E-state index is 0.0152. The number of carbonyl (C=O) groups excluding carboxylic acids is 1. The fourth-order valence-corrected chi connectivity index (χ4v) is 1.99. The van der Waals surface area contributed by atoms with Crippen LogP contribution >= 0.6 is 0 Å². The standard InChI is InChI=1S/C14H14N2O4/c1-3-20-14(17)13-8-7-12(15(13)2)10-5-4-6-11(9-10)16(18)19/h4-9H,3H2,1-2H3. The van der Waals surface area contributed by atoms with Gasteiger partial charge in [0.1, 0.15) is 5.69 Å². The number of rotatable bonds is 4. The zero-order valence-electron chi connectivity index (χ0n) is 11.2. The maximum atomic E-state index is 11.7. The van der Waals surface area contributed by atoms with Crippen LogP contribution in [0, 0.1) is 10.1 Å². The van der Waals surface area contributed by atoms with E-state index in [1.165, 1.54) is 12.1 Å². The molecule has 0 bridgehead atoms. The molecule has 2 aromatic rings. The summed E-state index contributed by atoms with van der Waals surface area (Å²) < 4.78 is 6.62. The molecule has 0 amide bonds. The predicted molar refractivity (Wildman–Crippen MR) is 73.5 cm³/mol. The monoisotopic (exact) mass is 274 g/mol. The largest absolute Gasteiger partial charge is 0.461 e. The Hall–Kier alpha value is -2.63. The van der Waals surface area contributed by atoms with Crippen molar-refractivity contribution < 1.29 is 14.5 Å². The summed E-state index contributed by atoms with van der Waals surface area (Å²) in [4.78, 5) is 22.1. The highest BCUT2D eigenvalue weighted by Crippen LogP contribution is 2.25. The summed E-state index contributed by atoms with van der Waals surface area (Å²) in [5.74, 6) is -0.410. The van der Waals surface area contributed by atoms with E-state index in [1.54, 1.807) is 42.8 Å². The summed E-state index contributed by atoms with van der Waals surface area (Å²) in [5, 5.41) is 10.8. The number of hydrogen-bond donors (Lipinski definition) is 0. The average molecular weight is 274 g/mol. The number of non-ortho nitro benzene ring substituents is 1. The third-order valence-corrected chi connectivity index (χ3v) is 2.96. The molecule has 0 atom stereocenters. The molecule has 0 N–H and O–H groups in total. The van der Waals surface area contributed by atoms with Gasteiger partial charge >= 0.3 is 5.97 Å². The van der Waals surface area contributed by atoms with Crippen molar-refractivity contribution in [2.45, 2.75) is 6.92 Å². The normalized spacial score (nSPS) is 10.3. The molecule has 0 saturated carbocycles. The molecule has 6 nitrogen and oxygen atoms in total. The quantitative estimate of drug-likeness (QED) is 0.488. The Morgan fingerprint density at radius 2 is 2.10 bits per heavy atom. The Kier molecular flexibility index (Phi) is 3.84. The van der Waals surface area contributed by atoms with Crippen molar-refractivity contribution in [2.75, 3.05) is 6.61 Å². The van der Waals surface area contributed by atoms with Gasteiger partial charge in [-0.05, 0) is 19.1 Å². The van der Waals surface area contributed by atoms with Crippen LogP contribution in [0.5, 0.6) is 0 Å². The van der Waals surface area contributed by atoms with Gasteiger partial charge in [-0.2, -0.15) is 0 Å². The van der Waals surface area contributed by atoms with Gasteiger partial charge in [-0.3, -0.25) is 10.1 Å². The first kappa shape index (κ1) is 13.8. The van der Waals surface area contributed by atoms with Crippen LogP contribution in [0.1, 0.15) is 17.4 Å². The van der Waals surface area contributed by atoms with Gasteiger partial charge in [0.05, 0.1) is 11.5 Å². The lowest BCUT2D eigenvalue weighted by Gasteiger charge is -2.07. The molecule has 20 heavy (non-hydrogen) atoms. The Morgan fingerprint density at radius 1 is 1.35 bits per heavy atom. The van der Waals surface area contributed by atoms with E-state index in [2.05, 4.69) is 0 Å². The molecule has 1 aromatic heterocycles. The summed E-state index contributed by atoms with van der Waals surface area (Å²) in [7, 11) is 1.72. The molecular weight excluding hydrogens is 260 g/mol. The zero-order valence-corrected chi connectivity index (χ0v) is 11.2. The number of esters is 1. The molecule has 2 rings (SSSR count). The van der Waals surface area contributed by atoms with Crippen LogP contribution in [0.2, 0.25) is 0 Å². The van der Waals surface area contributed by atoms with Gasteiger partial charge in [-0.1, -0.05) is 12.1 Å². The van der Waals surface area contributed by atoms with Gasteiger partial charge in [0.2, 0.25) is 0 Å². The smallest absolute Gasteiger partial charge is 0.354 e. The van der Waals surface area contributed by atoms with E-state index in [9.17, 15) is 14.9 Å². The number of hydrogen-bond acceptors (Lipinski definition) is 4. The molecule has 1 heterocycles. The van der Waals surface area contributed by atoms with Gasteiger partial charge in [0, 0.05) is 30.4 Å². The van der Waals surface area contributed by atoms with Crippen LogP contribution in [-0.4, -0.2) is 22.1 Å². The van der Waals surface area contributed by atoms with Crippen LogP contribution < -0.4 is 0 Å². The lowest BCUT2D eigenvalue weighted by atomic mass is 10.1. The topological polar surface area (TPSA) is 74.4 Å². The minimum Gasteiger partial charge on any atom is -0.461 e. The van der Waals surface area contributed by atoms with E-state index in [0.717, 1.165) is 5.69 Å². The highest BCUT2D eigenvalue weighted by molar-refractivity contribution is 5.89. The second kappa shape index (κ2) is 5.56. The Bertz CT molecular complexity index is 661. The number of aromatic nitrogens is 1. The third kappa shape index (κ3) is 2.54. The molecular formula is C14H14N2O4. The molecule has 0 fully saturated rings. The summed E-state index contributed by atoms with van der Waals surface area (Å²) in [6, 6.07) is 9.67. The first-order valence-electron chi connectivity index (χ1n) is 6.12. The van der Waals surface area contributed by atoms with E-state index in [-0.39, 0.29) is 5.69 Å². The number of nitro groups is 1. The van der Waals surface area contributed by atoms with Gasteiger partial charge < -0.3 is 9.30 Å². The number of carbonyl (C=O) groups is 1. The van der Waals surface area contributed by atoms with E-state index < -0.39 is 10.9 Å². The van der Waals surface area contributed by atoms with Crippen LogP contribution in [0.3, 0.4) is 0 Å². The highest BCUT2D eigenvalue weighted by Gasteiger charge is 2.15. The van der Waals surface area contributed by atoms with E-state index in [0.29, 0.717) is 17.9 Å². The number of nitrogens with zero attached hydrogens (tertiary/aromatic N) is 2. The van der Waals surface area contributed by atoms with Crippen molar-refractivity contribution in [3.05, 3.63) is 52.2 Å². The fraction of sp³-hybridized carbons (Fsp3) is 0.214.